The lowest BCUT2D eigenvalue weighted by molar-refractivity contribution is 0.144. The molecule has 7 nitrogen and oxygen atoms in total. The van der Waals surface area contributed by atoms with E-state index in [-0.39, 0.29) is 11.1 Å². The molecule has 2 aromatic heterocycles. The molecule has 0 bridgehead atoms. The summed E-state index contributed by atoms with van der Waals surface area (Å²) in [6.07, 6.45) is 5.50. The molecule has 2 N–H and O–H groups in total. The molecule has 0 saturated heterocycles. The van der Waals surface area contributed by atoms with Gasteiger partial charge < -0.3 is 14.8 Å². The number of rotatable bonds is 6. The van der Waals surface area contributed by atoms with E-state index < -0.39 is 15.9 Å². The Labute approximate surface area is 145 Å². The fraction of sp³-hybridized carbons (Fsp3) is 0.533. The molecule has 9 heteroatoms. The highest BCUT2D eigenvalue weighted by molar-refractivity contribution is 7.90. The first-order chi connectivity index (χ1) is 11.3. The van der Waals surface area contributed by atoms with Crippen molar-refractivity contribution in [3.63, 3.8) is 0 Å². The van der Waals surface area contributed by atoms with Crippen LogP contribution in [0.4, 0.5) is 0 Å². The number of aliphatic hydroxyl groups is 1. The monoisotopic (exact) mass is 373 g/mol. The van der Waals surface area contributed by atoms with Gasteiger partial charge in [0, 0.05) is 25.0 Å². The molecule has 3 rings (SSSR count). The Balaban J connectivity index is 1.53. The number of halogens is 1. The number of nitrogens with zero attached hydrogens (tertiary/aromatic N) is 2. The number of furan rings is 1. The molecule has 1 unspecified atom stereocenters. The van der Waals surface area contributed by atoms with Crippen LogP contribution in [0.3, 0.4) is 0 Å². The Morgan fingerprint density at radius 1 is 1.46 bits per heavy atom. The van der Waals surface area contributed by atoms with Gasteiger partial charge in [0.15, 0.2) is 0 Å². The molecule has 1 fully saturated rings. The van der Waals surface area contributed by atoms with Gasteiger partial charge in [-0.3, -0.25) is 4.68 Å². The molecule has 0 aromatic carbocycles. The minimum Gasteiger partial charge on any atom is -0.448 e. The molecule has 0 radical (unpaired) electrons. The summed E-state index contributed by atoms with van der Waals surface area (Å²) < 4.78 is 29.9. The van der Waals surface area contributed by atoms with Crippen LogP contribution in [0.15, 0.2) is 34.0 Å². The van der Waals surface area contributed by atoms with Crippen LogP contribution in [0, 0.1) is 5.92 Å². The van der Waals surface area contributed by atoms with Crippen molar-refractivity contribution in [3.8, 4) is 0 Å². The summed E-state index contributed by atoms with van der Waals surface area (Å²) in [4.78, 5) is 0. The fourth-order valence-electron chi connectivity index (χ4n) is 3.07. The lowest BCUT2D eigenvalue weighted by atomic mass is 10.1. The highest BCUT2D eigenvalue weighted by Crippen LogP contribution is 2.28. The SMILES string of the molecule is CS(=O)(=O)c1ccc(CN[C@@H]2CC(Cn3cc(Cl)cn3)C[C@H]2O)o1. The average molecular weight is 374 g/mol. The third-order valence-corrected chi connectivity index (χ3v) is 5.36. The second kappa shape index (κ2) is 6.87. The van der Waals surface area contributed by atoms with Gasteiger partial charge in [0.05, 0.1) is 23.9 Å². The van der Waals surface area contributed by atoms with Crippen molar-refractivity contribution in [1.29, 1.82) is 0 Å². The van der Waals surface area contributed by atoms with Gasteiger partial charge >= 0.3 is 0 Å². The van der Waals surface area contributed by atoms with Crippen LogP contribution in [0.25, 0.3) is 0 Å². The molecule has 1 aliphatic carbocycles. The number of sulfone groups is 1. The van der Waals surface area contributed by atoms with Crippen LogP contribution in [-0.4, -0.2) is 41.7 Å². The molecule has 3 atom stereocenters. The van der Waals surface area contributed by atoms with Gasteiger partial charge in [0.1, 0.15) is 5.76 Å². The molecule has 0 aliphatic heterocycles. The zero-order chi connectivity index (χ0) is 17.3. The van der Waals surface area contributed by atoms with E-state index in [9.17, 15) is 13.5 Å². The topological polar surface area (TPSA) is 97.4 Å². The molecule has 1 aliphatic rings. The summed E-state index contributed by atoms with van der Waals surface area (Å²) in [6.45, 7) is 1.08. The Bertz CT molecular complexity index is 801. The molecule has 132 valence electrons. The van der Waals surface area contributed by atoms with E-state index in [1.807, 2.05) is 0 Å². The van der Waals surface area contributed by atoms with Gasteiger partial charge in [-0.2, -0.15) is 5.10 Å². The van der Waals surface area contributed by atoms with Crippen molar-refractivity contribution in [3.05, 3.63) is 35.3 Å². The Kier molecular flexibility index (Phi) is 5.00. The van der Waals surface area contributed by atoms with E-state index in [4.69, 9.17) is 16.0 Å². The maximum Gasteiger partial charge on any atom is 0.217 e. The smallest absolute Gasteiger partial charge is 0.217 e. The van der Waals surface area contributed by atoms with Crippen molar-refractivity contribution in [2.75, 3.05) is 6.26 Å². The Hall–Kier alpha value is -1.35. The quantitative estimate of drug-likeness (QED) is 0.795. The largest absolute Gasteiger partial charge is 0.448 e. The average Bonchev–Trinajstić information content (AvgIpc) is 3.18. The van der Waals surface area contributed by atoms with Crippen LogP contribution in [0.5, 0.6) is 0 Å². The summed E-state index contributed by atoms with van der Waals surface area (Å²) in [7, 11) is -3.34. The van der Waals surface area contributed by atoms with Gasteiger partial charge in [-0.15, -0.1) is 0 Å². The van der Waals surface area contributed by atoms with E-state index >= 15 is 0 Å². The van der Waals surface area contributed by atoms with Crippen molar-refractivity contribution in [1.82, 2.24) is 15.1 Å². The maximum absolute atomic E-state index is 11.4. The molecule has 2 heterocycles. The molecular weight excluding hydrogens is 354 g/mol. The van der Waals surface area contributed by atoms with Gasteiger partial charge in [0.2, 0.25) is 14.9 Å². The Morgan fingerprint density at radius 3 is 2.88 bits per heavy atom. The number of aromatic nitrogens is 2. The fourth-order valence-corrected chi connectivity index (χ4v) is 3.80. The highest BCUT2D eigenvalue weighted by Gasteiger charge is 2.33. The summed E-state index contributed by atoms with van der Waals surface area (Å²) in [5.41, 5.74) is 0. The molecular formula is C15H20ClN3O4S. The van der Waals surface area contributed by atoms with Crippen molar-refractivity contribution >= 4 is 21.4 Å². The summed E-state index contributed by atoms with van der Waals surface area (Å²) in [5.74, 6) is 0.835. The van der Waals surface area contributed by atoms with Gasteiger partial charge in [-0.1, -0.05) is 11.6 Å². The number of nitrogens with one attached hydrogen (secondary N) is 1. The van der Waals surface area contributed by atoms with Crippen LogP contribution < -0.4 is 5.32 Å². The zero-order valence-corrected chi connectivity index (χ0v) is 14.8. The first-order valence-corrected chi connectivity index (χ1v) is 9.96. The van der Waals surface area contributed by atoms with Crippen molar-refractivity contribution in [2.45, 2.75) is 43.2 Å². The molecule has 0 amide bonds. The third kappa shape index (κ3) is 4.18. The van der Waals surface area contributed by atoms with Crippen molar-refractivity contribution < 1.29 is 17.9 Å². The lowest BCUT2D eigenvalue weighted by Gasteiger charge is -2.15. The minimum atomic E-state index is -3.34. The van der Waals surface area contributed by atoms with Crippen LogP contribution in [-0.2, 0) is 22.9 Å². The van der Waals surface area contributed by atoms with Crippen molar-refractivity contribution in [2.24, 2.45) is 5.92 Å². The van der Waals surface area contributed by atoms with E-state index in [0.29, 0.717) is 36.2 Å². The predicted octanol–water partition coefficient (Wildman–Crippen LogP) is 1.46. The van der Waals surface area contributed by atoms with E-state index in [2.05, 4.69) is 10.4 Å². The zero-order valence-electron chi connectivity index (χ0n) is 13.2. The third-order valence-electron chi connectivity index (χ3n) is 4.21. The highest BCUT2D eigenvalue weighted by atomic mass is 35.5. The van der Waals surface area contributed by atoms with Crippen LogP contribution in [0.2, 0.25) is 5.02 Å². The van der Waals surface area contributed by atoms with Crippen LogP contribution in [0.1, 0.15) is 18.6 Å². The number of hydrogen-bond acceptors (Lipinski definition) is 6. The predicted molar refractivity (Wildman–Crippen MR) is 88.4 cm³/mol. The lowest BCUT2D eigenvalue weighted by Crippen LogP contribution is -2.35. The van der Waals surface area contributed by atoms with E-state index in [1.54, 1.807) is 23.1 Å². The molecule has 1 saturated carbocycles. The van der Waals surface area contributed by atoms with E-state index in [0.717, 1.165) is 12.7 Å². The molecule has 2 aromatic rings. The first kappa shape index (κ1) is 17.5. The summed E-state index contributed by atoms with van der Waals surface area (Å²) in [6, 6.07) is 3.02. The Morgan fingerprint density at radius 2 is 2.25 bits per heavy atom. The molecule has 24 heavy (non-hydrogen) atoms. The summed E-state index contributed by atoms with van der Waals surface area (Å²) >= 11 is 5.86. The standard InChI is InChI=1S/C15H20ClN3O4S/c1-24(21,22)15-3-2-12(23-15)7-17-13-4-10(5-14(13)20)8-19-9-11(16)6-18-19/h2-3,6,9-10,13-14,17,20H,4-5,7-8H2,1H3/t10?,13-,14-/m1/s1. The second-order valence-corrected chi connectivity index (χ2v) is 8.65. The van der Waals surface area contributed by atoms with Gasteiger partial charge in [-0.25, -0.2) is 8.42 Å². The first-order valence-electron chi connectivity index (χ1n) is 7.69. The second-order valence-electron chi connectivity index (χ2n) is 6.27. The summed E-state index contributed by atoms with van der Waals surface area (Å²) in [5, 5.41) is 18.2. The van der Waals surface area contributed by atoms with Gasteiger partial charge in [-0.05, 0) is 30.9 Å². The normalized spacial score (nSPS) is 24.5. The minimum absolute atomic E-state index is 0.0419. The van der Waals surface area contributed by atoms with Gasteiger partial charge in [0.25, 0.3) is 0 Å². The van der Waals surface area contributed by atoms with Crippen LogP contribution >= 0.6 is 11.6 Å². The number of aliphatic hydroxyl groups excluding tert-OH is 1. The number of hydrogen-bond donors (Lipinski definition) is 2. The van der Waals surface area contributed by atoms with E-state index in [1.165, 1.54) is 6.07 Å². The maximum atomic E-state index is 11.4. The molecule has 0 spiro atoms.